The maximum absolute atomic E-state index is 12.4. The van der Waals surface area contributed by atoms with Gasteiger partial charge in [-0.3, -0.25) is 4.79 Å². The normalized spacial score (nSPS) is 11.1. The van der Waals surface area contributed by atoms with E-state index in [1.165, 1.54) is 57.1 Å². The predicted molar refractivity (Wildman–Crippen MR) is 120 cm³/mol. The number of benzene rings is 2. The number of thioether (sulfide) groups is 1. The van der Waals surface area contributed by atoms with E-state index in [2.05, 4.69) is 18.4 Å². The molecule has 0 aromatic heterocycles. The second-order valence-electron chi connectivity index (χ2n) is 6.97. The monoisotopic (exact) mass is 380 g/mol. The summed E-state index contributed by atoms with van der Waals surface area (Å²) in [6.45, 7) is 2.27. The third kappa shape index (κ3) is 8.62. The minimum Gasteiger partial charge on any atom is -0.289 e. The minimum absolute atomic E-state index is 0.0789. The van der Waals surface area contributed by atoms with E-state index < -0.39 is 0 Å². The fraction of sp³-hybridized carbons (Fsp3) is 0.400. The van der Waals surface area contributed by atoms with Crippen molar-refractivity contribution in [3.05, 3.63) is 76.7 Å². The van der Waals surface area contributed by atoms with Crippen molar-refractivity contribution >= 4 is 23.6 Å². The largest absolute Gasteiger partial charge is 0.289 e. The number of carbonyl (C=O) groups excluding carboxylic acids is 1. The summed E-state index contributed by atoms with van der Waals surface area (Å²) < 4.78 is 0. The van der Waals surface area contributed by atoms with Crippen molar-refractivity contribution in [2.75, 3.05) is 5.75 Å². The van der Waals surface area contributed by atoms with Crippen LogP contribution in [0.1, 0.15) is 79.8 Å². The number of hydrogen-bond acceptors (Lipinski definition) is 2. The number of carbonyl (C=O) groups is 1. The quantitative estimate of drug-likeness (QED) is 0.261. The van der Waals surface area contributed by atoms with E-state index in [1.54, 1.807) is 0 Å². The van der Waals surface area contributed by atoms with Crippen molar-refractivity contribution in [1.82, 2.24) is 0 Å². The Balaban J connectivity index is 1.63. The van der Waals surface area contributed by atoms with Gasteiger partial charge in [-0.25, -0.2) is 0 Å². The molecule has 0 bridgehead atoms. The molecule has 0 spiro atoms. The molecule has 2 rings (SSSR count). The van der Waals surface area contributed by atoms with Gasteiger partial charge in [0.1, 0.15) is 0 Å². The van der Waals surface area contributed by atoms with Crippen molar-refractivity contribution in [3.63, 3.8) is 0 Å². The summed E-state index contributed by atoms with van der Waals surface area (Å²) in [5, 5.41) is 2.18. The van der Waals surface area contributed by atoms with Gasteiger partial charge in [0.2, 0.25) is 0 Å². The lowest BCUT2D eigenvalue weighted by Gasteiger charge is -2.02. The maximum Gasteiger partial charge on any atom is 0.193 e. The average molecular weight is 381 g/mol. The van der Waals surface area contributed by atoms with Gasteiger partial charge >= 0.3 is 0 Å². The molecule has 2 aromatic carbocycles. The standard InChI is InChI=1S/C25H32OS/c1-2-3-4-5-6-7-8-12-20-27-21-19-22-15-17-24(18-16-22)25(26)23-13-10-9-11-14-23/h9-11,13-19,21H,2-8,12,20H2,1H3/b21-19-. The van der Waals surface area contributed by atoms with Crippen LogP contribution in [-0.4, -0.2) is 11.5 Å². The third-order valence-electron chi connectivity index (χ3n) is 4.68. The van der Waals surface area contributed by atoms with Crippen LogP contribution in [0.15, 0.2) is 60.0 Å². The van der Waals surface area contributed by atoms with Crippen LogP contribution in [-0.2, 0) is 0 Å². The predicted octanol–water partition coefficient (Wildman–Crippen LogP) is 7.76. The Hall–Kier alpha value is -1.80. The highest BCUT2D eigenvalue weighted by molar-refractivity contribution is 8.02. The fourth-order valence-corrected chi connectivity index (χ4v) is 3.78. The summed E-state index contributed by atoms with van der Waals surface area (Å²) in [5.74, 6) is 1.27. The Morgan fingerprint density at radius 3 is 2.04 bits per heavy atom. The Bertz CT molecular complexity index is 673. The van der Waals surface area contributed by atoms with Gasteiger partial charge in [0, 0.05) is 11.1 Å². The first-order valence-corrected chi connectivity index (χ1v) is 11.3. The minimum atomic E-state index is 0.0789. The first-order chi connectivity index (χ1) is 13.3. The molecule has 0 unspecified atom stereocenters. The van der Waals surface area contributed by atoms with Crippen molar-refractivity contribution in [3.8, 4) is 0 Å². The van der Waals surface area contributed by atoms with Crippen molar-refractivity contribution < 1.29 is 4.79 Å². The van der Waals surface area contributed by atoms with Gasteiger partial charge in [-0.05, 0) is 29.2 Å². The van der Waals surface area contributed by atoms with Crippen molar-refractivity contribution in [1.29, 1.82) is 0 Å². The van der Waals surface area contributed by atoms with Gasteiger partial charge in [-0.2, -0.15) is 0 Å². The van der Waals surface area contributed by atoms with Crippen LogP contribution < -0.4 is 0 Å². The summed E-state index contributed by atoms with van der Waals surface area (Å²) >= 11 is 1.88. The van der Waals surface area contributed by atoms with Gasteiger partial charge in [-0.15, -0.1) is 11.8 Å². The molecule has 0 amide bonds. The van der Waals surface area contributed by atoms with Crippen LogP contribution in [0.3, 0.4) is 0 Å². The first kappa shape index (κ1) is 21.5. The molecule has 0 atom stereocenters. The molecule has 1 nitrogen and oxygen atoms in total. The van der Waals surface area contributed by atoms with Crippen LogP contribution in [0.5, 0.6) is 0 Å². The number of rotatable bonds is 13. The lowest BCUT2D eigenvalue weighted by molar-refractivity contribution is 0.103. The van der Waals surface area contributed by atoms with Crippen LogP contribution in [0, 0.1) is 0 Å². The molecule has 0 saturated heterocycles. The Kier molecular flexibility index (Phi) is 10.7. The fourth-order valence-electron chi connectivity index (χ4n) is 3.02. The zero-order chi connectivity index (χ0) is 19.2. The van der Waals surface area contributed by atoms with Crippen LogP contribution in [0.2, 0.25) is 0 Å². The number of hydrogen-bond donors (Lipinski definition) is 0. The maximum atomic E-state index is 12.4. The van der Waals surface area contributed by atoms with Gasteiger partial charge in [0.25, 0.3) is 0 Å². The Morgan fingerprint density at radius 1 is 0.778 bits per heavy atom. The summed E-state index contributed by atoms with van der Waals surface area (Å²) in [6.07, 6.45) is 13.1. The van der Waals surface area contributed by atoms with Gasteiger partial charge in [0.15, 0.2) is 5.78 Å². The molecule has 0 saturated carbocycles. The second-order valence-corrected chi connectivity index (χ2v) is 7.98. The summed E-state index contributed by atoms with van der Waals surface area (Å²) in [7, 11) is 0. The highest BCUT2D eigenvalue weighted by Crippen LogP contribution is 2.15. The lowest BCUT2D eigenvalue weighted by atomic mass is 10.0. The molecule has 2 heteroatoms. The average Bonchev–Trinajstić information content (AvgIpc) is 2.72. The van der Waals surface area contributed by atoms with Gasteiger partial charge in [-0.1, -0.05) is 106 Å². The van der Waals surface area contributed by atoms with Crippen LogP contribution >= 0.6 is 11.8 Å². The topological polar surface area (TPSA) is 17.1 Å². The molecule has 0 radical (unpaired) electrons. The summed E-state index contributed by atoms with van der Waals surface area (Å²) in [6, 6.07) is 17.3. The SMILES string of the molecule is CCCCCCCCCCS/C=C\c1ccc(C(=O)c2ccccc2)cc1. The molecule has 144 valence electrons. The van der Waals surface area contributed by atoms with Crippen molar-refractivity contribution in [2.24, 2.45) is 0 Å². The van der Waals surface area contributed by atoms with Gasteiger partial charge < -0.3 is 0 Å². The Labute approximate surface area is 169 Å². The third-order valence-corrected chi connectivity index (χ3v) is 5.53. The highest BCUT2D eigenvalue weighted by atomic mass is 32.2. The molecule has 2 aromatic rings. The van der Waals surface area contributed by atoms with E-state index in [0.717, 1.165) is 16.7 Å². The van der Waals surface area contributed by atoms with Crippen molar-refractivity contribution in [2.45, 2.75) is 58.3 Å². The zero-order valence-electron chi connectivity index (χ0n) is 16.5. The van der Waals surface area contributed by atoms with E-state index in [0.29, 0.717) is 0 Å². The van der Waals surface area contributed by atoms with Gasteiger partial charge in [0.05, 0.1) is 0 Å². The van der Waals surface area contributed by atoms with E-state index in [-0.39, 0.29) is 5.78 Å². The molecule has 0 aliphatic heterocycles. The molecular weight excluding hydrogens is 348 g/mol. The molecule has 0 aliphatic rings. The zero-order valence-corrected chi connectivity index (χ0v) is 17.3. The molecule has 27 heavy (non-hydrogen) atoms. The van der Waals surface area contributed by atoms with E-state index in [4.69, 9.17) is 0 Å². The molecule has 0 aliphatic carbocycles. The van der Waals surface area contributed by atoms with E-state index in [1.807, 2.05) is 66.4 Å². The highest BCUT2D eigenvalue weighted by Gasteiger charge is 2.07. The number of unbranched alkanes of at least 4 members (excludes halogenated alkanes) is 7. The summed E-state index contributed by atoms with van der Waals surface area (Å²) in [4.78, 5) is 12.4. The second kappa shape index (κ2) is 13.4. The van der Waals surface area contributed by atoms with Crippen LogP contribution in [0.4, 0.5) is 0 Å². The van der Waals surface area contributed by atoms with Crippen LogP contribution in [0.25, 0.3) is 6.08 Å². The lowest BCUT2D eigenvalue weighted by Crippen LogP contribution is -2.00. The first-order valence-electron chi connectivity index (χ1n) is 10.3. The molecule has 0 fully saturated rings. The number of ketones is 1. The van der Waals surface area contributed by atoms with E-state index in [9.17, 15) is 4.79 Å². The smallest absolute Gasteiger partial charge is 0.193 e. The van der Waals surface area contributed by atoms with E-state index >= 15 is 0 Å². The summed E-state index contributed by atoms with van der Waals surface area (Å²) in [5.41, 5.74) is 2.62. The molecule has 0 N–H and O–H groups in total. The molecular formula is C25H32OS. The molecule has 0 heterocycles. The Morgan fingerprint density at radius 2 is 1.37 bits per heavy atom.